The lowest BCUT2D eigenvalue weighted by Crippen LogP contribution is -2.05. The zero-order valence-electron chi connectivity index (χ0n) is 10.9. The minimum Gasteiger partial charge on any atom is -0.481 e. The number of hydrogen-bond donors (Lipinski definition) is 1. The molecule has 0 amide bonds. The quantitative estimate of drug-likeness (QED) is 0.892. The smallest absolute Gasteiger partial charge is 0.226 e. The molecular weight excluding hydrogens is 232 g/mol. The molecule has 0 radical (unpaired) electrons. The molecule has 0 aliphatic heterocycles. The standard InChI is InChI=1S/C12H16N4O2/c1-7-5-10(17-4)16-12(14-7)13-6-11-15-8(2)9(3)18-11/h5H,6H2,1-4H3,(H,13,14,16). The van der Waals surface area contributed by atoms with Gasteiger partial charge in [-0.15, -0.1) is 0 Å². The van der Waals surface area contributed by atoms with Crippen LogP contribution in [0.4, 0.5) is 5.95 Å². The van der Waals surface area contributed by atoms with E-state index in [1.54, 1.807) is 13.2 Å². The van der Waals surface area contributed by atoms with Crippen LogP contribution in [0.1, 0.15) is 23.0 Å². The Kier molecular flexibility index (Phi) is 3.45. The van der Waals surface area contributed by atoms with Gasteiger partial charge < -0.3 is 14.5 Å². The van der Waals surface area contributed by atoms with Crippen molar-refractivity contribution in [3.05, 3.63) is 29.1 Å². The lowest BCUT2D eigenvalue weighted by molar-refractivity contribution is 0.396. The zero-order valence-corrected chi connectivity index (χ0v) is 10.9. The molecule has 0 aromatic carbocycles. The second-order valence-electron chi connectivity index (χ2n) is 3.98. The highest BCUT2D eigenvalue weighted by Crippen LogP contribution is 2.13. The zero-order chi connectivity index (χ0) is 13.1. The number of nitrogens with zero attached hydrogens (tertiary/aromatic N) is 3. The van der Waals surface area contributed by atoms with Gasteiger partial charge in [0.15, 0.2) is 0 Å². The number of methoxy groups -OCH3 is 1. The molecule has 18 heavy (non-hydrogen) atoms. The fraction of sp³-hybridized carbons (Fsp3) is 0.417. The van der Waals surface area contributed by atoms with E-state index < -0.39 is 0 Å². The van der Waals surface area contributed by atoms with Crippen LogP contribution < -0.4 is 10.1 Å². The predicted octanol–water partition coefficient (Wildman–Crippen LogP) is 2.01. The SMILES string of the molecule is COc1cc(C)nc(NCc2nc(C)c(C)o2)n1. The Morgan fingerprint density at radius 1 is 1.22 bits per heavy atom. The number of aromatic nitrogens is 3. The molecule has 0 saturated carbocycles. The Hall–Kier alpha value is -2.11. The van der Waals surface area contributed by atoms with Gasteiger partial charge in [-0.05, 0) is 20.8 Å². The summed E-state index contributed by atoms with van der Waals surface area (Å²) in [6.07, 6.45) is 0. The van der Waals surface area contributed by atoms with Gasteiger partial charge in [0.05, 0.1) is 19.3 Å². The van der Waals surface area contributed by atoms with Crippen LogP contribution in [0, 0.1) is 20.8 Å². The molecule has 0 fully saturated rings. The molecule has 96 valence electrons. The molecule has 0 saturated heterocycles. The predicted molar refractivity (Wildman–Crippen MR) is 66.6 cm³/mol. The fourth-order valence-corrected chi connectivity index (χ4v) is 1.49. The number of anilines is 1. The summed E-state index contributed by atoms with van der Waals surface area (Å²) in [6, 6.07) is 1.77. The average molecular weight is 248 g/mol. The van der Waals surface area contributed by atoms with Crippen molar-refractivity contribution in [1.29, 1.82) is 0 Å². The van der Waals surface area contributed by atoms with E-state index in [1.807, 2.05) is 20.8 Å². The molecule has 2 aromatic rings. The largest absolute Gasteiger partial charge is 0.481 e. The van der Waals surface area contributed by atoms with Gasteiger partial charge in [-0.25, -0.2) is 9.97 Å². The van der Waals surface area contributed by atoms with E-state index in [4.69, 9.17) is 9.15 Å². The molecule has 0 aliphatic carbocycles. The van der Waals surface area contributed by atoms with Crippen molar-refractivity contribution in [3.63, 3.8) is 0 Å². The molecule has 0 unspecified atom stereocenters. The molecule has 1 N–H and O–H groups in total. The molecule has 2 rings (SSSR count). The number of rotatable bonds is 4. The van der Waals surface area contributed by atoms with E-state index in [-0.39, 0.29) is 0 Å². The number of ether oxygens (including phenoxy) is 1. The van der Waals surface area contributed by atoms with Gasteiger partial charge in [0.25, 0.3) is 0 Å². The minimum absolute atomic E-state index is 0.446. The van der Waals surface area contributed by atoms with Crippen LogP contribution in [0.15, 0.2) is 10.5 Å². The summed E-state index contributed by atoms with van der Waals surface area (Å²) in [5.74, 6) is 2.48. The van der Waals surface area contributed by atoms with Crippen LogP contribution in [0.25, 0.3) is 0 Å². The Morgan fingerprint density at radius 3 is 2.61 bits per heavy atom. The van der Waals surface area contributed by atoms with Gasteiger partial charge in [-0.2, -0.15) is 4.98 Å². The fourth-order valence-electron chi connectivity index (χ4n) is 1.49. The lowest BCUT2D eigenvalue weighted by Gasteiger charge is -2.05. The first-order chi connectivity index (χ1) is 8.58. The molecule has 6 heteroatoms. The lowest BCUT2D eigenvalue weighted by atomic mass is 10.4. The van der Waals surface area contributed by atoms with Gasteiger partial charge in [0.2, 0.25) is 17.7 Å². The van der Waals surface area contributed by atoms with E-state index in [2.05, 4.69) is 20.3 Å². The van der Waals surface area contributed by atoms with E-state index in [9.17, 15) is 0 Å². The van der Waals surface area contributed by atoms with Crippen molar-refractivity contribution in [3.8, 4) is 5.88 Å². The third kappa shape index (κ3) is 2.77. The number of nitrogens with one attached hydrogen (secondary N) is 1. The maximum Gasteiger partial charge on any atom is 0.226 e. The van der Waals surface area contributed by atoms with Gasteiger partial charge in [0.1, 0.15) is 5.76 Å². The van der Waals surface area contributed by atoms with Crippen LogP contribution >= 0.6 is 0 Å². The topological polar surface area (TPSA) is 73.1 Å². The molecule has 0 aliphatic rings. The molecule has 0 atom stereocenters. The van der Waals surface area contributed by atoms with Crippen molar-refractivity contribution >= 4 is 5.95 Å². The summed E-state index contributed by atoms with van der Waals surface area (Å²) in [5.41, 5.74) is 1.73. The van der Waals surface area contributed by atoms with Gasteiger partial charge in [0, 0.05) is 11.8 Å². The second-order valence-corrected chi connectivity index (χ2v) is 3.98. The van der Waals surface area contributed by atoms with Gasteiger partial charge >= 0.3 is 0 Å². The van der Waals surface area contributed by atoms with Crippen molar-refractivity contribution < 1.29 is 9.15 Å². The van der Waals surface area contributed by atoms with Crippen molar-refractivity contribution in [1.82, 2.24) is 15.0 Å². The molecule has 2 aromatic heterocycles. The first-order valence-corrected chi connectivity index (χ1v) is 5.65. The summed E-state index contributed by atoms with van der Waals surface area (Å²) < 4.78 is 10.5. The van der Waals surface area contributed by atoms with Crippen molar-refractivity contribution in [2.24, 2.45) is 0 Å². The van der Waals surface area contributed by atoms with Crippen LogP contribution in [0.2, 0.25) is 0 Å². The third-order valence-electron chi connectivity index (χ3n) is 2.51. The van der Waals surface area contributed by atoms with E-state index >= 15 is 0 Å². The molecular formula is C12H16N4O2. The van der Waals surface area contributed by atoms with Crippen molar-refractivity contribution in [2.75, 3.05) is 12.4 Å². The normalized spacial score (nSPS) is 10.4. The Morgan fingerprint density at radius 2 is 2.00 bits per heavy atom. The monoisotopic (exact) mass is 248 g/mol. The number of oxazole rings is 1. The van der Waals surface area contributed by atoms with Crippen LogP contribution in [-0.4, -0.2) is 22.1 Å². The molecule has 0 spiro atoms. The first-order valence-electron chi connectivity index (χ1n) is 5.65. The first kappa shape index (κ1) is 12.3. The summed E-state index contributed by atoms with van der Waals surface area (Å²) in [6.45, 7) is 6.13. The van der Waals surface area contributed by atoms with Crippen LogP contribution in [0.3, 0.4) is 0 Å². The van der Waals surface area contributed by atoms with Gasteiger partial charge in [-0.3, -0.25) is 0 Å². The minimum atomic E-state index is 0.446. The highest BCUT2D eigenvalue weighted by atomic mass is 16.5. The van der Waals surface area contributed by atoms with Gasteiger partial charge in [-0.1, -0.05) is 0 Å². The Balaban J connectivity index is 2.07. The molecule has 6 nitrogen and oxygen atoms in total. The molecule has 0 bridgehead atoms. The number of hydrogen-bond acceptors (Lipinski definition) is 6. The van der Waals surface area contributed by atoms with Crippen molar-refractivity contribution in [2.45, 2.75) is 27.3 Å². The third-order valence-corrected chi connectivity index (χ3v) is 2.51. The maximum atomic E-state index is 5.46. The Labute approximate surface area is 105 Å². The highest BCUT2D eigenvalue weighted by molar-refractivity contribution is 5.30. The number of aryl methyl sites for hydroxylation is 3. The van der Waals surface area contributed by atoms with Crippen LogP contribution in [0.5, 0.6) is 5.88 Å². The summed E-state index contributed by atoms with van der Waals surface area (Å²) >= 11 is 0. The Bertz CT molecular complexity index is 532. The van der Waals surface area contributed by atoms with Crippen LogP contribution in [-0.2, 0) is 6.54 Å². The maximum absolute atomic E-state index is 5.46. The summed E-state index contributed by atoms with van der Waals surface area (Å²) in [5, 5.41) is 3.06. The van der Waals surface area contributed by atoms with E-state index in [1.165, 1.54) is 0 Å². The molecule has 2 heterocycles. The average Bonchev–Trinajstić information content (AvgIpc) is 2.65. The summed E-state index contributed by atoms with van der Waals surface area (Å²) in [4.78, 5) is 12.7. The summed E-state index contributed by atoms with van der Waals surface area (Å²) in [7, 11) is 1.58. The second kappa shape index (κ2) is 5.03. The van der Waals surface area contributed by atoms with E-state index in [0.29, 0.717) is 24.3 Å². The highest BCUT2D eigenvalue weighted by Gasteiger charge is 2.07. The van der Waals surface area contributed by atoms with E-state index in [0.717, 1.165) is 17.1 Å².